The van der Waals surface area contributed by atoms with E-state index in [1.807, 2.05) is 32.0 Å². The number of nitrogens with zero attached hydrogens (tertiary/aromatic N) is 2. The summed E-state index contributed by atoms with van der Waals surface area (Å²) in [5.74, 6) is 0.615. The zero-order valence-electron chi connectivity index (χ0n) is 10.6. The number of rotatable bonds is 4. The van der Waals surface area contributed by atoms with Crippen LogP contribution in [-0.2, 0) is 13.2 Å². The van der Waals surface area contributed by atoms with Crippen molar-refractivity contribution in [3.63, 3.8) is 0 Å². The fraction of sp³-hybridized carbons (Fsp3) is 0.286. The van der Waals surface area contributed by atoms with Crippen molar-refractivity contribution in [3.05, 3.63) is 53.1 Å². The van der Waals surface area contributed by atoms with Gasteiger partial charge in [-0.2, -0.15) is 0 Å². The highest BCUT2D eigenvalue weighted by atomic mass is 16.5. The molecule has 2 rings (SSSR count). The Labute approximate surface area is 106 Å². The average molecular weight is 244 g/mol. The summed E-state index contributed by atoms with van der Waals surface area (Å²) < 4.78 is 5.66. The third-order valence-corrected chi connectivity index (χ3v) is 2.55. The molecule has 0 atom stereocenters. The largest absolute Gasteiger partial charge is 0.487 e. The second-order valence-electron chi connectivity index (χ2n) is 4.21. The highest BCUT2D eigenvalue weighted by molar-refractivity contribution is 5.29. The molecule has 0 saturated heterocycles. The molecule has 2 heterocycles. The number of aliphatic hydroxyl groups is 1. The minimum atomic E-state index is -0.122. The first-order valence-corrected chi connectivity index (χ1v) is 5.80. The third-order valence-electron chi connectivity index (χ3n) is 2.55. The number of aromatic nitrogens is 2. The highest BCUT2D eigenvalue weighted by Gasteiger charge is 2.05. The van der Waals surface area contributed by atoms with Crippen LogP contribution in [0.25, 0.3) is 0 Å². The molecule has 4 nitrogen and oxygen atoms in total. The van der Waals surface area contributed by atoms with Crippen LogP contribution in [0.2, 0.25) is 0 Å². The summed E-state index contributed by atoms with van der Waals surface area (Å²) in [5.41, 5.74) is 3.53. The summed E-state index contributed by atoms with van der Waals surface area (Å²) in [6.07, 6.45) is 3.57. The quantitative estimate of drug-likeness (QED) is 0.895. The smallest absolute Gasteiger partial charge is 0.143 e. The molecular weight excluding hydrogens is 228 g/mol. The average Bonchev–Trinajstić information content (AvgIpc) is 2.37. The summed E-state index contributed by atoms with van der Waals surface area (Å²) in [4.78, 5) is 8.34. The van der Waals surface area contributed by atoms with Crippen molar-refractivity contribution in [3.8, 4) is 5.75 Å². The molecule has 4 heteroatoms. The molecule has 18 heavy (non-hydrogen) atoms. The minimum absolute atomic E-state index is 0.122. The van der Waals surface area contributed by atoms with E-state index in [-0.39, 0.29) is 6.61 Å². The second kappa shape index (κ2) is 5.60. The molecule has 0 radical (unpaired) electrons. The number of aliphatic hydroxyl groups excluding tert-OH is 1. The second-order valence-corrected chi connectivity index (χ2v) is 4.21. The van der Waals surface area contributed by atoms with Crippen LogP contribution in [0, 0.1) is 13.8 Å². The Bertz CT molecular complexity index is 541. The van der Waals surface area contributed by atoms with Crippen LogP contribution >= 0.6 is 0 Å². The lowest BCUT2D eigenvalue weighted by atomic mass is 10.2. The van der Waals surface area contributed by atoms with Crippen LogP contribution in [0.15, 0.2) is 30.6 Å². The Morgan fingerprint density at radius 1 is 1.22 bits per heavy atom. The van der Waals surface area contributed by atoms with Crippen LogP contribution < -0.4 is 4.74 Å². The fourth-order valence-electron chi connectivity index (χ4n) is 1.70. The van der Waals surface area contributed by atoms with Gasteiger partial charge >= 0.3 is 0 Å². The Morgan fingerprint density at radius 2 is 2.06 bits per heavy atom. The maximum absolute atomic E-state index is 9.23. The number of hydrogen-bond donors (Lipinski definition) is 1. The van der Waals surface area contributed by atoms with E-state index in [9.17, 15) is 5.11 Å². The summed E-state index contributed by atoms with van der Waals surface area (Å²) in [6.45, 7) is 4.17. The summed E-state index contributed by atoms with van der Waals surface area (Å²) in [7, 11) is 0. The van der Waals surface area contributed by atoms with Gasteiger partial charge in [0.15, 0.2) is 0 Å². The van der Waals surface area contributed by atoms with E-state index >= 15 is 0 Å². The molecule has 94 valence electrons. The van der Waals surface area contributed by atoms with E-state index in [0.29, 0.717) is 18.1 Å². The van der Waals surface area contributed by atoms with Crippen LogP contribution in [0.1, 0.15) is 22.5 Å². The van der Waals surface area contributed by atoms with Gasteiger partial charge in [-0.05, 0) is 37.6 Å². The summed E-state index contributed by atoms with van der Waals surface area (Å²) >= 11 is 0. The van der Waals surface area contributed by atoms with Crippen LogP contribution in [-0.4, -0.2) is 15.1 Å². The predicted octanol–water partition coefficient (Wildman–Crippen LogP) is 2.16. The monoisotopic (exact) mass is 244 g/mol. The van der Waals surface area contributed by atoms with Crippen molar-refractivity contribution in [2.24, 2.45) is 0 Å². The molecule has 0 aliphatic heterocycles. The molecule has 0 bridgehead atoms. The molecule has 0 aliphatic rings. The van der Waals surface area contributed by atoms with Crippen molar-refractivity contribution < 1.29 is 9.84 Å². The Kier molecular flexibility index (Phi) is 3.89. The SMILES string of the molecule is Cc1cncc(COc2ccc(C)nc2CO)c1. The number of ether oxygens (including phenoxy) is 1. The van der Waals surface area contributed by atoms with Gasteiger partial charge in [0.05, 0.1) is 6.61 Å². The lowest BCUT2D eigenvalue weighted by Gasteiger charge is -2.10. The fourth-order valence-corrected chi connectivity index (χ4v) is 1.70. The zero-order chi connectivity index (χ0) is 13.0. The van der Waals surface area contributed by atoms with Gasteiger partial charge in [-0.3, -0.25) is 9.97 Å². The topological polar surface area (TPSA) is 55.2 Å². The van der Waals surface area contributed by atoms with Crippen LogP contribution in [0.5, 0.6) is 5.75 Å². The maximum Gasteiger partial charge on any atom is 0.143 e. The van der Waals surface area contributed by atoms with E-state index in [4.69, 9.17) is 4.74 Å². The number of aryl methyl sites for hydroxylation is 2. The maximum atomic E-state index is 9.23. The third kappa shape index (κ3) is 3.05. The van der Waals surface area contributed by atoms with E-state index in [0.717, 1.165) is 16.8 Å². The van der Waals surface area contributed by atoms with Gasteiger partial charge < -0.3 is 9.84 Å². The van der Waals surface area contributed by atoms with E-state index < -0.39 is 0 Å². The first-order chi connectivity index (χ1) is 8.69. The Balaban J connectivity index is 2.10. The van der Waals surface area contributed by atoms with Crippen molar-refractivity contribution in [1.29, 1.82) is 0 Å². The summed E-state index contributed by atoms with van der Waals surface area (Å²) in [6, 6.07) is 5.72. The van der Waals surface area contributed by atoms with E-state index in [1.165, 1.54) is 0 Å². The van der Waals surface area contributed by atoms with Gasteiger partial charge in [0.1, 0.15) is 18.1 Å². The van der Waals surface area contributed by atoms with Crippen molar-refractivity contribution in [2.75, 3.05) is 0 Å². The molecule has 0 fully saturated rings. The standard InChI is InChI=1S/C14H16N2O2/c1-10-5-12(7-15-6-10)9-18-14-4-3-11(2)16-13(14)8-17/h3-7,17H,8-9H2,1-2H3. The summed E-state index contributed by atoms with van der Waals surface area (Å²) in [5, 5.41) is 9.23. The van der Waals surface area contributed by atoms with Crippen molar-refractivity contribution in [1.82, 2.24) is 9.97 Å². The van der Waals surface area contributed by atoms with Crippen molar-refractivity contribution in [2.45, 2.75) is 27.1 Å². The highest BCUT2D eigenvalue weighted by Crippen LogP contribution is 2.18. The van der Waals surface area contributed by atoms with Crippen LogP contribution in [0.4, 0.5) is 0 Å². The van der Waals surface area contributed by atoms with Gasteiger partial charge in [0.25, 0.3) is 0 Å². The van der Waals surface area contributed by atoms with Gasteiger partial charge in [-0.15, -0.1) is 0 Å². The number of hydrogen-bond acceptors (Lipinski definition) is 4. The Hall–Kier alpha value is -1.94. The Morgan fingerprint density at radius 3 is 2.78 bits per heavy atom. The first-order valence-electron chi connectivity index (χ1n) is 5.80. The predicted molar refractivity (Wildman–Crippen MR) is 68.2 cm³/mol. The van der Waals surface area contributed by atoms with Gasteiger partial charge in [-0.25, -0.2) is 0 Å². The minimum Gasteiger partial charge on any atom is -0.487 e. The normalized spacial score (nSPS) is 10.4. The van der Waals surface area contributed by atoms with Gasteiger partial charge in [0, 0.05) is 23.7 Å². The van der Waals surface area contributed by atoms with Crippen molar-refractivity contribution >= 4 is 0 Å². The molecule has 0 amide bonds. The molecule has 0 unspecified atom stereocenters. The molecule has 0 spiro atoms. The number of pyridine rings is 2. The van der Waals surface area contributed by atoms with Gasteiger partial charge in [0.2, 0.25) is 0 Å². The van der Waals surface area contributed by atoms with Crippen LogP contribution in [0.3, 0.4) is 0 Å². The van der Waals surface area contributed by atoms with E-state index in [2.05, 4.69) is 9.97 Å². The molecule has 2 aromatic rings. The molecule has 0 saturated carbocycles. The first kappa shape index (κ1) is 12.5. The lowest BCUT2D eigenvalue weighted by molar-refractivity contribution is 0.253. The molecule has 2 aromatic heterocycles. The van der Waals surface area contributed by atoms with Gasteiger partial charge in [-0.1, -0.05) is 0 Å². The molecular formula is C14H16N2O2. The van der Waals surface area contributed by atoms with E-state index in [1.54, 1.807) is 12.4 Å². The lowest BCUT2D eigenvalue weighted by Crippen LogP contribution is -2.02. The molecule has 0 aliphatic carbocycles. The molecule has 1 N–H and O–H groups in total. The molecule has 0 aromatic carbocycles. The zero-order valence-corrected chi connectivity index (χ0v) is 10.6.